The van der Waals surface area contributed by atoms with Crippen LogP contribution in [0, 0.1) is 0 Å². The van der Waals surface area contributed by atoms with E-state index in [1.54, 1.807) is 6.07 Å². The van der Waals surface area contributed by atoms with Crippen molar-refractivity contribution in [1.29, 1.82) is 0 Å². The van der Waals surface area contributed by atoms with Gasteiger partial charge in [-0.3, -0.25) is 4.79 Å². The molecule has 104 valence electrons. The molecule has 1 unspecified atom stereocenters. The van der Waals surface area contributed by atoms with Crippen LogP contribution in [0.4, 0.5) is 11.6 Å². The van der Waals surface area contributed by atoms with Gasteiger partial charge >= 0.3 is 0 Å². The lowest BCUT2D eigenvalue weighted by atomic mass is 9.96. The maximum absolute atomic E-state index is 11.2. The van der Waals surface area contributed by atoms with E-state index in [4.69, 9.17) is 5.84 Å². The van der Waals surface area contributed by atoms with E-state index in [1.165, 1.54) is 0 Å². The van der Waals surface area contributed by atoms with Crippen molar-refractivity contribution >= 4 is 17.5 Å². The number of carbonyl (C=O) groups excluding carboxylic acids is 1. The first-order valence-corrected chi connectivity index (χ1v) is 6.28. The number of aromatic nitrogens is 2. The summed E-state index contributed by atoms with van der Waals surface area (Å²) in [4.78, 5) is 20.0. The summed E-state index contributed by atoms with van der Waals surface area (Å²) in [5.74, 6) is 7.41. The van der Waals surface area contributed by atoms with Crippen LogP contribution in [0.25, 0.3) is 0 Å². The van der Waals surface area contributed by atoms with Gasteiger partial charge in [0.05, 0.1) is 6.04 Å². The second kappa shape index (κ2) is 5.00. The highest BCUT2D eigenvalue weighted by Gasteiger charge is 2.23. The second-order valence-corrected chi connectivity index (χ2v) is 5.71. The van der Waals surface area contributed by atoms with Crippen molar-refractivity contribution in [2.75, 3.05) is 17.3 Å². The largest absolute Gasteiger partial charge is 0.365 e. The number of nitrogen functional groups attached to an aromatic ring is 1. The molecule has 1 aliphatic heterocycles. The van der Waals surface area contributed by atoms with Gasteiger partial charge < -0.3 is 16.1 Å². The lowest BCUT2D eigenvalue weighted by Gasteiger charge is -2.20. The van der Waals surface area contributed by atoms with Gasteiger partial charge in [-0.05, 0) is 0 Å². The number of hydrogen-bond donors (Lipinski definition) is 4. The fourth-order valence-corrected chi connectivity index (χ4v) is 1.85. The molecule has 0 saturated carbocycles. The van der Waals surface area contributed by atoms with Crippen LogP contribution in [-0.2, 0) is 10.2 Å². The van der Waals surface area contributed by atoms with Crippen molar-refractivity contribution in [3.63, 3.8) is 0 Å². The van der Waals surface area contributed by atoms with Crippen LogP contribution in [0.2, 0.25) is 0 Å². The quantitative estimate of drug-likeness (QED) is 0.464. The number of hydrogen-bond acceptors (Lipinski definition) is 6. The smallest absolute Gasteiger partial charge is 0.222 e. The molecule has 1 aromatic rings. The molecule has 0 aromatic carbocycles. The summed E-state index contributed by atoms with van der Waals surface area (Å²) in [7, 11) is 0. The number of nitrogens with one attached hydrogen (secondary N) is 3. The van der Waals surface area contributed by atoms with E-state index in [9.17, 15) is 4.79 Å². The van der Waals surface area contributed by atoms with Crippen molar-refractivity contribution in [2.24, 2.45) is 5.84 Å². The molecule has 2 rings (SSSR count). The summed E-state index contributed by atoms with van der Waals surface area (Å²) in [6.07, 6.45) is 0.459. The minimum atomic E-state index is -0.174. The van der Waals surface area contributed by atoms with Crippen LogP contribution in [0.15, 0.2) is 6.07 Å². The summed E-state index contributed by atoms with van der Waals surface area (Å²) in [5, 5.41) is 6.01. The van der Waals surface area contributed by atoms with E-state index >= 15 is 0 Å². The Bertz CT molecular complexity index is 482. The molecule has 7 heteroatoms. The van der Waals surface area contributed by atoms with E-state index < -0.39 is 0 Å². The van der Waals surface area contributed by atoms with Crippen LogP contribution in [0.5, 0.6) is 0 Å². The van der Waals surface area contributed by atoms with E-state index in [0.717, 1.165) is 0 Å². The SMILES string of the molecule is CC(C)(C)c1nc(NN)cc(NC2CNC(=O)C2)n1. The van der Waals surface area contributed by atoms with Crippen molar-refractivity contribution in [3.05, 3.63) is 11.9 Å². The van der Waals surface area contributed by atoms with Gasteiger partial charge in [0.25, 0.3) is 0 Å². The number of carbonyl (C=O) groups is 1. The van der Waals surface area contributed by atoms with Crippen LogP contribution < -0.4 is 21.9 Å². The molecule has 7 nitrogen and oxygen atoms in total. The Morgan fingerprint density at radius 2 is 2.05 bits per heavy atom. The fourth-order valence-electron chi connectivity index (χ4n) is 1.85. The predicted octanol–water partition coefficient (Wildman–Crippen LogP) is 0.360. The molecule has 1 atom stereocenters. The Morgan fingerprint density at radius 1 is 1.37 bits per heavy atom. The first kappa shape index (κ1) is 13.5. The zero-order chi connectivity index (χ0) is 14.0. The molecule has 1 aliphatic rings. The fraction of sp³-hybridized carbons (Fsp3) is 0.583. The van der Waals surface area contributed by atoms with Crippen molar-refractivity contribution in [1.82, 2.24) is 15.3 Å². The van der Waals surface area contributed by atoms with Crippen molar-refractivity contribution < 1.29 is 4.79 Å². The summed E-state index contributed by atoms with van der Waals surface area (Å²) >= 11 is 0. The van der Waals surface area contributed by atoms with Crippen molar-refractivity contribution in [3.8, 4) is 0 Å². The third kappa shape index (κ3) is 3.31. The molecule has 0 spiro atoms. The van der Waals surface area contributed by atoms with Gasteiger partial charge in [-0.2, -0.15) is 0 Å². The highest BCUT2D eigenvalue weighted by atomic mass is 16.1. The third-order valence-corrected chi connectivity index (χ3v) is 2.87. The van der Waals surface area contributed by atoms with Crippen LogP contribution in [-0.4, -0.2) is 28.5 Å². The lowest BCUT2D eigenvalue weighted by Crippen LogP contribution is -2.25. The second-order valence-electron chi connectivity index (χ2n) is 5.71. The first-order valence-electron chi connectivity index (χ1n) is 6.28. The number of anilines is 2. The Balaban J connectivity index is 2.22. The Labute approximate surface area is 112 Å². The lowest BCUT2D eigenvalue weighted by molar-refractivity contribution is -0.119. The minimum Gasteiger partial charge on any atom is -0.365 e. The van der Waals surface area contributed by atoms with E-state index in [1.807, 2.05) is 20.8 Å². The maximum atomic E-state index is 11.2. The maximum Gasteiger partial charge on any atom is 0.222 e. The zero-order valence-corrected chi connectivity index (χ0v) is 11.4. The molecule has 19 heavy (non-hydrogen) atoms. The summed E-state index contributed by atoms with van der Waals surface area (Å²) in [6, 6.07) is 1.79. The molecule has 0 radical (unpaired) electrons. The molecule has 2 heterocycles. The number of amides is 1. The monoisotopic (exact) mass is 264 g/mol. The van der Waals surface area contributed by atoms with Gasteiger partial charge in [0.2, 0.25) is 5.91 Å². The third-order valence-electron chi connectivity index (χ3n) is 2.87. The van der Waals surface area contributed by atoms with Gasteiger partial charge in [0, 0.05) is 24.4 Å². The molecule has 0 bridgehead atoms. The number of nitrogens with zero attached hydrogens (tertiary/aromatic N) is 2. The van der Waals surface area contributed by atoms with Gasteiger partial charge in [-0.25, -0.2) is 15.8 Å². The number of hydrazine groups is 1. The van der Waals surface area contributed by atoms with Crippen LogP contribution in [0.3, 0.4) is 0 Å². The molecule has 1 amide bonds. The van der Waals surface area contributed by atoms with Gasteiger partial charge in [-0.15, -0.1) is 0 Å². The number of rotatable bonds is 3. The topological polar surface area (TPSA) is 105 Å². The Kier molecular flexibility index (Phi) is 3.57. The highest BCUT2D eigenvalue weighted by Crippen LogP contribution is 2.22. The highest BCUT2D eigenvalue weighted by molar-refractivity contribution is 5.79. The molecular formula is C12H20N6O. The summed E-state index contributed by atoms with van der Waals surface area (Å²) in [5.41, 5.74) is 2.37. The molecule has 1 saturated heterocycles. The predicted molar refractivity (Wildman–Crippen MR) is 73.6 cm³/mol. The van der Waals surface area contributed by atoms with Crippen LogP contribution in [0.1, 0.15) is 33.0 Å². The average molecular weight is 264 g/mol. The van der Waals surface area contributed by atoms with Gasteiger partial charge in [0.1, 0.15) is 17.5 Å². The molecule has 1 aromatic heterocycles. The normalized spacial score (nSPS) is 19.2. The van der Waals surface area contributed by atoms with Gasteiger partial charge in [-0.1, -0.05) is 20.8 Å². The van der Waals surface area contributed by atoms with E-state index in [0.29, 0.717) is 30.4 Å². The molecule has 1 fully saturated rings. The van der Waals surface area contributed by atoms with E-state index in [-0.39, 0.29) is 17.4 Å². The number of nitrogens with two attached hydrogens (primary N) is 1. The first-order chi connectivity index (χ1) is 8.88. The van der Waals surface area contributed by atoms with Crippen molar-refractivity contribution in [2.45, 2.75) is 38.6 Å². The summed E-state index contributed by atoms with van der Waals surface area (Å²) in [6.45, 7) is 6.71. The van der Waals surface area contributed by atoms with Crippen LogP contribution >= 0.6 is 0 Å². The molecule has 5 N–H and O–H groups in total. The Hall–Kier alpha value is -1.89. The summed E-state index contributed by atoms with van der Waals surface area (Å²) < 4.78 is 0. The standard InChI is InChI=1S/C12H20N6O/c1-12(2,3)11-16-8(5-9(17-11)18-13)15-7-4-10(19)14-6-7/h5,7H,4,6,13H2,1-3H3,(H,14,19)(H2,15,16,17,18). The minimum absolute atomic E-state index is 0.0553. The zero-order valence-electron chi connectivity index (χ0n) is 11.4. The molecule has 0 aliphatic carbocycles. The molecular weight excluding hydrogens is 244 g/mol. The van der Waals surface area contributed by atoms with Gasteiger partial charge in [0.15, 0.2) is 0 Å². The average Bonchev–Trinajstić information content (AvgIpc) is 2.73. The van der Waals surface area contributed by atoms with E-state index in [2.05, 4.69) is 26.0 Å². The Morgan fingerprint density at radius 3 is 2.58 bits per heavy atom.